The van der Waals surface area contributed by atoms with Crippen molar-refractivity contribution >= 4 is 10.0 Å². The van der Waals surface area contributed by atoms with Gasteiger partial charge in [0.05, 0.1) is 4.90 Å². The van der Waals surface area contributed by atoms with Gasteiger partial charge in [0.15, 0.2) is 0 Å². The first kappa shape index (κ1) is 12.1. The van der Waals surface area contributed by atoms with Gasteiger partial charge in [-0.15, -0.1) is 0 Å². The van der Waals surface area contributed by atoms with Crippen LogP contribution in [0, 0.1) is 0 Å². The fraction of sp³-hybridized carbons (Fsp3) is 0.538. The average molecular weight is 266 g/mol. The Balaban J connectivity index is 1.65. The molecule has 1 unspecified atom stereocenters. The number of hydrogen-bond donors (Lipinski definition) is 1. The van der Waals surface area contributed by atoms with Gasteiger partial charge in [-0.3, -0.25) is 4.90 Å². The highest BCUT2D eigenvalue weighted by Crippen LogP contribution is 2.30. The highest BCUT2D eigenvalue weighted by atomic mass is 32.2. The van der Waals surface area contributed by atoms with E-state index in [9.17, 15) is 8.42 Å². The Bertz CT molecular complexity index is 511. The number of likely N-dealkylation sites (tertiary alicyclic amines) is 1. The van der Waals surface area contributed by atoms with Crippen LogP contribution in [0.5, 0.6) is 0 Å². The second-order valence-corrected chi connectivity index (χ2v) is 6.86. The molecule has 1 aliphatic carbocycles. The summed E-state index contributed by atoms with van der Waals surface area (Å²) in [6.07, 6.45) is 3.47. The normalized spacial score (nSPS) is 25.4. The van der Waals surface area contributed by atoms with E-state index in [4.69, 9.17) is 0 Å². The summed E-state index contributed by atoms with van der Waals surface area (Å²) in [7, 11) is -3.35. The SMILES string of the molecule is O=S(=O)(NC1CCN(C2CC2)C1)c1ccccc1. The van der Waals surface area contributed by atoms with Gasteiger partial charge in [-0.2, -0.15) is 0 Å². The van der Waals surface area contributed by atoms with Crippen molar-refractivity contribution in [2.45, 2.75) is 36.2 Å². The van der Waals surface area contributed by atoms with Crippen LogP contribution in [-0.2, 0) is 10.0 Å². The quantitative estimate of drug-likeness (QED) is 0.891. The maximum Gasteiger partial charge on any atom is 0.240 e. The molecule has 1 aliphatic heterocycles. The van der Waals surface area contributed by atoms with E-state index in [-0.39, 0.29) is 6.04 Å². The van der Waals surface area contributed by atoms with Crippen molar-refractivity contribution in [2.75, 3.05) is 13.1 Å². The first-order valence-corrected chi connectivity index (χ1v) is 7.95. The fourth-order valence-electron chi connectivity index (χ4n) is 2.54. The first-order chi connectivity index (χ1) is 8.65. The minimum absolute atomic E-state index is 0.0656. The molecule has 18 heavy (non-hydrogen) atoms. The van der Waals surface area contributed by atoms with Crippen LogP contribution >= 0.6 is 0 Å². The van der Waals surface area contributed by atoms with Crippen LogP contribution in [0.25, 0.3) is 0 Å². The van der Waals surface area contributed by atoms with Crippen molar-refractivity contribution < 1.29 is 8.42 Å². The van der Waals surface area contributed by atoms with Crippen LogP contribution in [-0.4, -0.2) is 38.5 Å². The standard InChI is InChI=1S/C13H18N2O2S/c16-18(17,13-4-2-1-3-5-13)14-11-8-9-15(10-11)12-6-7-12/h1-5,11-12,14H,6-10H2. The largest absolute Gasteiger partial charge is 0.299 e. The molecule has 1 N–H and O–H groups in total. The Kier molecular flexibility index (Phi) is 3.13. The molecule has 1 aromatic carbocycles. The van der Waals surface area contributed by atoms with Gasteiger partial charge in [-0.25, -0.2) is 13.1 Å². The number of sulfonamides is 1. The monoisotopic (exact) mass is 266 g/mol. The van der Waals surface area contributed by atoms with E-state index >= 15 is 0 Å². The zero-order valence-corrected chi connectivity index (χ0v) is 11.1. The summed E-state index contributed by atoms with van der Waals surface area (Å²) in [6.45, 7) is 1.88. The van der Waals surface area contributed by atoms with Gasteiger partial charge in [0.25, 0.3) is 0 Å². The third-order valence-electron chi connectivity index (χ3n) is 3.66. The number of rotatable bonds is 4. The third-order valence-corrected chi connectivity index (χ3v) is 5.19. The van der Waals surface area contributed by atoms with E-state index < -0.39 is 10.0 Å². The molecule has 1 atom stereocenters. The maximum atomic E-state index is 12.2. The van der Waals surface area contributed by atoms with Crippen molar-refractivity contribution in [3.8, 4) is 0 Å². The van der Waals surface area contributed by atoms with Crippen LogP contribution in [0.15, 0.2) is 35.2 Å². The molecule has 0 amide bonds. The van der Waals surface area contributed by atoms with Crippen LogP contribution in [0.1, 0.15) is 19.3 Å². The predicted octanol–water partition coefficient (Wildman–Crippen LogP) is 1.20. The highest BCUT2D eigenvalue weighted by molar-refractivity contribution is 7.89. The molecule has 0 bridgehead atoms. The molecule has 2 aliphatic rings. The zero-order chi connectivity index (χ0) is 12.6. The Morgan fingerprint density at radius 3 is 2.50 bits per heavy atom. The van der Waals surface area contributed by atoms with Gasteiger partial charge < -0.3 is 0 Å². The Morgan fingerprint density at radius 2 is 1.83 bits per heavy atom. The summed E-state index contributed by atoms with van der Waals surface area (Å²) in [5, 5.41) is 0. The lowest BCUT2D eigenvalue weighted by Gasteiger charge is -2.15. The second kappa shape index (κ2) is 4.64. The van der Waals surface area contributed by atoms with Gasteiger partial charge >= 0.3 is 0 Å². The van der Waals surface area contributed by atoms with Gasteiger partial charge in [0.1, 0.15) is 0 Å². The fourth-order valence-corrected chi connectivity index (χ4v) is 3.82. The van der Waals surface area contributed by atoms with E-state index in [1.54, 1.807) is 24.3 Å². The highest BCUT2D eigenvalue weighted by Gasteiger charge is 2.35. The van der Waals surface area contributed by atoms with Crippen molar-refractivity contribution in [2.24, 2.45) is 0 Å². The lowest BCUT2D eigenvalue weighted by Crippen LogP contribution is -2.37. The van der Waals surface area contributed by atoms with E-state index in [1.807, 2.05) is 6.07 Å². The van der Waals surface area contributed by atoms with E-state index in [2.05, 4.69) is 9.62 Å². The smallest absolute Gasteiger partial charge is 0.240 e. The van der Waals surface area contributed by atoms with Crippen LogP contribution in [0.2, 0.25) is 0 Å². The topological polar surface area (TPSA) is 49.4 Å². The van der Waals surface area contributed by atoms with E-state index in [1.165, 1.54) is 12.8 Å². The predicted molar refractivity (Wildman–Crippen MR) is 69.8 cm³/mol. The van der Waals surface area contributed by atoms with Crippen molar-refractivity contribution in [3.63, 3.8) is 0 Å². The molecule has 98 valence electrons. The molecule has 1 saturated carbocycles. The summed E-state index contributed by atoms with van der Waals surface area (Å²) in [5.41, 5.74) is 0. The summed E-state index contributed by atoms with van der Waals surface area (Å²) in [6, 6.07) is 9.38. The molecule has 1 saturated heterocycles. The van der Waals surface area contributed by atoms with E-state index in [0.717, 1.165) is 25.6 Å². The molecular weight excluding hydrogens is 248 g/mol. The first-order valence-electron chi connectivity index (χ1n) is 6.46. The molecule has 0 spiro atoms. The minimum atomic E-state index is -3.35. The summed E-state index contributed by atoms with van der Waals surface area (Å²) in [4.78, 5) is 2.76. The molecule has 1 heterocycles. The van der Waals surface area contributed by atoms with Crippen molar-refractivity contribution in [3.05, 3.63) is 30.3 Å². The average Bonchev–Trinajstić information content (AvgIpc) is 3.12. The molecule has 5 heteroatoms. The maximum absolute atomic E-state index is 12.2. The van der Waals surface area contributed by atoms with E-state index in [0.29, 0.717) is 4.90 Å². The lowest BCUT2D eigenvalue weighted by atomic mass is 10.3. The van der Waals surface area contributed by atoms with Crippen LogP contribution in [0.3, 0.4) is 0 Å². The Labute approximate surface area is 108 Å². The third kappa shape index (κ3) is 2.58. The summed E-state index contributed by atoms with van der Waals surface area (Å²) in [5.74, 6) is 0. The Hall–Kier alpha value is -0.910. The number of nitrogens with one attached hydrogen (secondary N) is 1. The zero-order valence-electron chi connectivity index (χ0n) is 10.2. The molecule has 3 rings (SSSR count). The summed E-state index contributed by atoms with van der Waals surface area (Å²) < 4.78 is 27.1. The lowest BCUT2D eigenvalue weighted by molar-refractivity contribution is 0.322. The minimum Gasteiger partial charge on any atom is -0.299 e. The number of hydrogen-bond acceptors (Lipinski definition) is 3. The van der Waals surface area contributed by atoms with Crippen LogP contribution in [0.4, 0.5) is 0 Å². The molecule has 1 aromatic rings. The van der Waals surface area contributed by atoms with Crippen LogP contribution < -0.4 is 4.72 Å². The molecule has 2 fully saturated rings. The molecule has 4 nitrogen and oxygen atoms in total. The summed E-state index contributed by atoms with van der Waals surface area (Å²) >= 11 is 0. The van der Waals surface area contributed by atoms with Crippen molar-refractivity contribution in [1.29, 1.82) is 0 Å². The molecule has 0 radical (unpaired) electrons. The number of nitrogens with zero attached hydrogens (tertiary/aromatic N) is 1. The Morgan fingerprint density at radius 1 is 1.11 bits per heavy atom. The van der Waals surface area contributed by atoms with Gasteiger partial charge in [-0.1, -0.05) is 18.2 Å². The van der Waals surface area contributed by atoms with Gasteiger partial charge in [0, 0.05) is 25.2 Å². The number of benzene rings is 1. The van der Waals surface area contributed by atoms with Crippen molar-refractivity contribution in [1.82, 2.24) is 9.62 Å². The second-order valence-electron chi connectivity index (χ2n) is 5.15. The molecular formula is C13H18N2O2S. The van der Waals surface area contributed by atoms with Gasteiger partial charge in [0.2, 0.25) is 10.0 Å². The van der Waals surface area contributed by atoms with Gasteiger partial charge in [-0.05, 0) is 31.4 Å². The molecule has 0 aromatic heterocycles.